The molecule has 1 aromatic carbocycles. The van der Waals surface area contributed by atoms with E-state index in [-0.39, 0.29) is 23.8 Å². The predicted octanol–water partition coefficient (Wildman–Crippen LogP) is 2.49. The van der Waals surface area contributed by atoms with Gasteiger partial charge in [0.25, 0.3) is 5.91 Å². The molecule has 0 radical (unpaired) electrons. The zero-order valence-corrected chi connectivity index (χ0v) is 16.8. The number of hydrogen-bond acceptors (Lipinski definition) is 3. The number of rotatable bonds is 4. The maximum absolute atomic E-state index is 12.9. The summed E-state index contributed by atoms with van der Waals surface area (Å²) in [7, 11) is 0. The normalized spacial score (nSPS) is 22.0. The van der Waals surface area contributed by atoms with Crippen LogP contribution in [0.5, 0.6) is 0 Å². The highest BCUT2D eigenvalue weighted by Gasteiger charge is 2.42. The fourth-order valence-electron chi connectivity index (χ4n) is 3.33. The second kappa shape index (κ2) is 8.14. The number of likely N-dealkylation sites (tertiary alicyclic amines) is 1. The van der Waals surface area contributed by atoms with Gasteiger partial charge in [0, 0.05) is 12.1 Å². The highest BCUT2D eigenvalue weighted by atomic mass is 16.3. The van der Waals surface area contributed by atoms with Crippen molar-refractivity contribution < 1.29 is 14.7 Å². The standard InChI is InChI=1S/C22H30N2O3/c1-7-16-8-10-17(11-9-16)15(3)23-20(26)18-12-14(2)13-24(18)21(27)19(25)22(4,5)6/h1,8-11,14-15,18-19,25H,12-13H2,2-6H3,(H,23,26)/t14?,15-,18-,19+/m0/s1. The SMILES string of the molecule is C#Cc1ccc([C@H](C)NC(=O)[C@@H]2CC(C)CN2C(=O)[C@@H](O)C(C)(C)C)cc1. The monoisotopic (exact) mass is 370 g/mol. The van der Waals surface area contributed by atoms with E-state index in [0.29, 0.717) is 13.0 Å². The quantitative estimate of drug-likeness (QED) is 0.800. The Kier molecular flexibility index (Phi) is 6.33. The summed E-state index contributed by atoms with van der Waals surface area (Å²) in [6.45, 7) is 9.83. The van der Waals surface area contributed by atoms with Crippen LogP contribution in [-0.2, 0) is 9.59 Å². The third-order valence-electron chi connectivity index (χ3n) is 5.09. The minimum atomic E-state index is -1.13. The van der Waals surface area contributed by atoms with E-state index in [4.69, 9.17) is 6.42 Å². The molecule has 2 amide bonds. The van der Waals surface area contributed by atoms with Crippen molar-refractivity contribution in [1.29, 1.82) is 0 Å². The van der Waals surface area contributed by atoms with Crippen LogP contribution in [0.4, 0.5) is 0 Å². The van der Waals surface area contributed by atoms with Crippen LogP contribution in [-0.4, -0.2) is 40.5 Å². The number of terminal acetylenes is 1. The highest BCUT2D eigenvalue weighted by Crippen LogP contribution is 2.28. The lowest BCUT2D eigenvalue weighted by Crippen LogP contribution is -2.52. The van der Waals surface area contributed by atoms with Gasteiger partial charge in [-0.2, -0.15) is 0 Å². The Morgan fingerprint density at radius 3 is 2.41 bits per heavy atom. The first kappa shape index (κ1) is 21.0. The summed E-state index contributed by atoms with van der Waals surface area (Å²) in [5.41, 5.74) is 1.16. The van der Waals surface area contributed by atoms with Crippen LogP contribution in [0, 0.1) is 23.7 Å². The van der Waals surface area contributed by atoms with Crippen LogP contribution < -0.4 is 5.32 Å². The van der Waals surface area contributed by atoms with E-state index in [1.165, 1.54) is 4.90 Å². The Morgan fingerprint density at radius 2 is 1.89 bits per heavy atom. The minimum Gasteiger partial charge on any atom is -0.383 e. The molecule has 5 heteroatoms. The van der Waals surface area contributed by atoms with E-state index in [9.17, 15) is 14.7 Å². The molecule has 1 aromatic rings. The Hall–Kier alpha value is -2.32. The fourth-order valence-corrected chi connectivity index (χ4v) is 3.33. The number of aliphatic hydroxyl groups is 1. The van der Waals surface area contributed by atoms with Crippen molar-refractivity contribution in [3.8, 4) is 12.3 Å². The third kappa shape index (κ3) is 4.90. The molecule has 0 aromatic heterocycles. The first-order valence-corrected chi connectivity index (χ1v) is 9.40. The Labute approximate surface area is 162 Å². The van der Waals surface area contributed by atoms with Gasteiger partial charge in [-0.1, -0.05) is 45.7 Å². The zero-order chi connectivity index (χ0) is 20.4. The minimum absolute atomic E-state index is 0.192. The van der Waals surface area contributed by atoms with Crippen LogP contribution in [0.3, 0.4) is 0 Å². The summed E-state index contributed by atoms with van der Waals surface area (Å²) in [4.78, 5) is 27.2. The number of benzene rings is 1. The van der Waals surface area contributed by atoms with Crippen LogP contribution in [0.2, 0.25) is 0 Å². The van der Waals surface area contributed by atoms with Crippen molar-refractivity contribution >= 4 is 11.8 Å². The van der Waals surface area contributed by atoms with E-state index < -0.39 is 17.6 Å². The summed E-state index contributed by atoms with van der Waals surface area (Å²) < 4.78 is 0. The summed E-state index contributed by atoms with van der Waals surface area (Å²) in [6, 6.07) is 6.70. The summed E-state index contributed by atoms with van der Waals surface area (Å²) in [5.74, 6) is 2.21. The summed E-state index contributed by atoms with van der Waals surface area (Å²) in [5, 5.41) is 13.4. The average Bonchev–Trinajstić information content (AvgIpc) is 3.01. The number of hydrogen-bond donors (Lipinski definition) is 2. The van der Waals surface area contributed by atoms with Crippen LogP contribution in [0.1, 0.15) is 58.2 Å². The van der Waals surface area contributed by atoms with Crippen molar-refractivity contribution in [2.75, 3.05) is 6.54 Å². The van der Waals surface area contributed by atoms with E-state index in [1.54, 1.807) is 0 Å². The third-order valence-corrected chi connectivity index (χ3v) is 5.09. The molecular weight excluding hydrogens is 340 g/mol. The number of amides is 2. The summed E-state index contributed by atoms with van der Waals surface area (Å²) in [6.07, 6.45) is 4.84. The van der Waals surface area contributed by atoms with Gasteiger partial charge < -0.3 is 15.3 Å². The largest absolute Gasteiger partial charge is 0.383 e. The van der Waals surface area contributed by atoms with E-state index in [2.05, 4.69) is 11.2 Å². The van der Waals surface area contributed by atoms with Crippen molar-refractivity contribution in [3.05, 3.63) is 35.4 Å². The fraction of sp³-hybridized carbons (Fsp3) is 0.545. The molecule has 146 valence electrons. The number of aliphatic hydroxyl groups excluding tert-OH is 1. The van der Waals surface area contributed by atoms with Gasteiger partial charge in [0.1, 0.15) is 12.1 Å². The first-order chi connectivity index (χ1) is 12.5. The maximum Gasteiger partial charge on any atom is 0.252 e. The number of nitrogens with one attached hydrogen (secondary N) is 1. The average molecular weight is 370 g/mol. The molecule has 1 aliphatic heterocycles. The molecule has 0 bridgehead atoms. The maximum atomic E-state index is 12.9. The molecule has 1 fully saturated rings. The van der Waals surface area contributed by atoms with Gasteiger partial charge in [0.2, 0.25) is 5.91 Å². The number of nitrogens with zero attached hydrogens (tertiary/aromatic N) is 1. The van der Waals surface area contributed by atoms with E-state index in [1.807, 2.05) is 58.9 Å². The van der Waals surface area contributed by atoms with Crippen molar-refractivity contribution in [3.63, 3.8) is 0 Å². The number of carbonyl (C=O) groups excluding carboxylic acids is 2. The van der Waals surface area contributed by atoms with Gasteiger partial charge in [0.15, 0.2) is 0 Å². The molecule has 5 nitrogen and oxygen atoms in total. The molecule has 1 heterocycles. The Bertz CT molecular complexity index is 727. The second-order valence-electron chi connectivity index (χ2n) is 8.61. The Balaban J connectivity index is 2.10. The lowest BCUT2D eigenvalue weighted by molar-refractivity contribution is -0.150. The van der Waals surface area contributed by atoms with E-state index >= 15 is 0 Å². The van der Waals surface area contributed by atoms with Gasteiger partial charge >= 0.3 is 0 Å². The van der Waals surface area contributed by atoms with Crippen LogP contribution >= 0.6 is 0 Å². The van der Waals surface area contributed by atoms with Gasteiger partial charge in [-0.05, 0) is 42.4 Å². The topological polar surface area (TPSA) is 69.6 Å². The summed E-state index contributed by atoms with van der Waals surface area (Å²) >= 11 is 0. The molecule has 4 atom stereocenters. The van der Waals surface area contributed by atoms with Crippen molar-refractivity contribution in [2.45, 2.75) is 59.2 Å². The van der Waals surface area contributed by atoms with Gasteiger partial charge in [-0.15, -0.1) is 6.42 Å². The lowest BCUT2D eigenvalue weighted by Gasteiger charge is -2.32. The van der Waals surface area contributed by atoms with E-state index in [0.717, 1.165) is 11.1 Å². The van der Waals surface area contributed by atoms with Crippen LogP contribution in [0.15, 0.2) is 24.3 Å². The highest BCUT2D eigenvalue weighted by molar-refractivity contribution is 5.90. The van der Waals surface area contributed by atoms with Gasteiger partial charge in [0.05, 0.1) is 6.04 Å². The predicted molar refractivity (Wildman–Crippen MR) is 106 cm³/mol. The molecule has 1 aliphatic rings. The molecule has 2 N–H and O–H groups in total. The van der Waals surface area contributed by atoms with Crippen LogP contribution in [0.25, 0.3) is 0 Å². The second-order valence-corrected chi connectivity index (χ2v) is 8.61. The smallest absolute Gasteiger partial charge is 0.252 e. The zero-order valence-electron chi connectivity index (χ0n) is 16.8. The first-order valence-electron chi connectivity index (χ1n) is 9.40. The molecule has 0 spiro atoms. The molecule has 0 aliphatic carbocycles. The molecular formula is C22H30N2O3. The lowest BCUT2D eigenvalue weighted by atomic mass is 9.88. The molecule has 0 saturated carbocycles. The van der Waals surface area contributed by atoms with Crippen molar-refractivity contribution in [1.82, 2.24) is 10.2 Å². The van der Waals surface area contributed by atoms with Crippen molar-refractivity contribution in [2.24, 2.45) is 11.3 Å². The van der Waals surface area contributed by atoms with Gasteiger partial charge in [-0.25, -0.2) is 0 Å². The molecule has 2 rings (SSSR count). The molecule has 27 heavy (non-hydrogen) atoms. The molecule has 1 saturated heterocycles. The van der Waals surface area contributed by atoms with Gasteiger partial charge in [-0.3, -0.25) is 9.59 Å². The Morgan fingerprint density at radius 1 is 1.30 bits per heavy atom. The number of carbonyl (C=O) groups is 2. The molecule has 1 unspecified atom stereocenters.